The van der Waals surface area contributed by atoms with Crippen LogP contribution in [0.3, 0.4) is 0 Å². The quantitative estimate of drug-likeness (QED) is 0.634. The van der Waals surface area contributed by atoms with Gasteiger partial charge in [-0.1, -0.05) is 0 Å². The smallest absolute Gasteiger partial charge is 0.270 e. The van der Waals surface area contributed by atoms with Gasteiger partial charge in [-0.2, -0.15) is 0 Å². The SMILES string of the molecule is CCOc1ccc2c(c1)c(C)c(C(=O)N(C)CCc1ccncc1)n2CC. The molecule has 1 aromatic carbocycles. The fraction of sp³-hybridized carbons (Fsp3) is 0.364. The third-order valence-corrected chi connectivity index (χ3v) is 4.95. The van der Waals surface area contributed by atoms with Crippen LogP contribution >= 0.6 is 0 Å². The number of carbonyl (C=O) groups is 1. The van der Waals surface area contributed by atoms with Gasteiger partial charge in [0.25, 0.3) is 5.91 Å². The van der Waals surface area contributed by atoms with Crippen LogP contribution in [0.5, 0.6) is 5.75 Å². The van der Waals surface area contributed by atoms with Gasteiger partial charge in [0.2, 0.25) is 0 Å². The minimum atomic E-state index is 0.0533. The average molecular weight is 365 g/mol. The predicted octanol–water partition coefficient (Wildman–Crippen LogP) is 4.08. The number of hydrogen-bond acceptors (Lipinski definition) is 3. The molecule has 0 aliphatic rings. The van der Waals surface area contributed by atoms with Gasteiger partial charge in [0.15, 0.2) is 0 Å². The van der Waals surface area contributed by atoms with Crippen LogP contribution in [0.25, 0.3) is 10.9 Å². The van der Waals surface area contributed by atoms with Gasteiger partial charge in [-0.05, 0) is 68.7 Å². The van der Waals surface area contributed by atoms with Crippen molar-refractivity contribution in [1.82, 2.24) is 14.5 Å². The molecular formula is C22H27N3O2. The van der Waals surface area contributed by atoms with Crippen molar-refractivity contribution in [3.8, 4) is 5.75 Å². The Bertz CT molecular complexity index is 932. The third-order valence-electron chi connectivity index (χ3n) is 4.95. The lowest BCUT2D eigenvalue weighted by Gasteiger charge is -2.19. The number of ether oxygens (including phenoxy) is 1. The Morgan fingerprint density at radius 2 is 1.93 bits per heavy atom. The summed E-state index contributed by atoms with van der Waals surface area (Å²) in [4.78, 5) is 19.1. The summed E-state index contributed by atoms with van der Waals surface area (Å²) in [7, 11) is 1.87. The van der Waals surface area contributed by atoms with Crippen LogP contribution < -0.4 is 4.74 Å². The molecule has 3 aromatic rings. The lowest BCUT2D eigenvalue weighted by Crippen LogP contribution is -2.31. The number of rotatable bonds is 7. The molecule has 0 spiro atoms. The molecule has 0 N–H and O–H groups in total. The summed E-state index contributed by atoms with van der Waals surface area (Å²) >= 11 is 0. The van der Waals surface area contributed by atoms with Crippen molar-refractivity contribution in [3.05, 3.63) is 59.5 Å². The van der Waals surface area contributed by atoms with Crippen molar-refractivity contribution in [2.24, 2.45) is 0 Å². The number of pyridine rings is 1. The summed E-state index contributed by atoms with van der Waals surface area (Å²) in [6.07, 6.45) is 4.38. The topological polar surface area (TPSA) is 47.4 Å². The van der Waals surface area contributed by atoms with E-state index in [-0.39, 0.29) is 5.91 Å². The maximum Gasteiger partial charge on any atom is 0.270 e. The molecule has 0 fully saturated rings. The van der Waals surface area contributed by atoms with Gasteiger partial charge < -0.3 is 14.2 Å². The molecule has 0 saturated carbocycles. The zero-order valence-corrected chi connectivity index (χ0v) is 16.5. The molecular weight excluding hydrogens is 338 g/mol. The highest BCUT2D eigenvalue weighted by molar-refractivity contribution is 6.01. The van der Waals surface area contributed by atoms with Gasteiger partial charge in [0.05, 0.1) is 6.61 Å². The summed E-state index contributed by atoms with van der Waals surface area (Å²) in [6.45, 7) is 8.11. The summed E-state index contributed by atoms with van der Waals surface area (Å²) in [5.74, 6) is 0.893. The second-order valence-electron chi connectivity index (χ2n) is 6.66. The summed E-state index contributed by atoms with van der Waals surface area (Å²) in [5, 5.41) is 1.08. The van der Waals surface area contributed by atoms with Crippen molar-refractivity contribution in [3.63, 3.8) is 0 Å². The molecule has 0 aliphatic heterocycles. The second kappa shape index (κ2) is 8.25. The van der Waals surface area contributed by atoms with E-state index in [0.717, 1.165) is 40.9 Å². The molecule has 0 bridgehead atoms. The first-order valence-corrected chi connectivity index (χ1v) is 9.46. The summed E-state index contributed by atoms with van der Waals surface area (Å²) in [5.41, 5.74) is 4.02. The van der Waals surface area contributed by atoms with Gasteiger partial charge >= 0.3 is 0 Å². The monoisotopic (exact) mass is 365 g/mol. The van der Waals surface area contributed by atoms with Crippen molar-refractivity contribution in [2.75, 3.05) is 20.2 Å². The Balaban J connectivity index is 1.89. The van der Waals surface area contributed by atoms with E-state index in [1.807, 2.05) is 51.2 Å². The molecule has 0 unspecified atom stereocenters. The number of nitrogens with zero attached hydrogens (tertiary/aromatic N) is 3. The minimum Gasteiger partial charge on any atom is -0.494 e. The van der Waals surface area contributed by atoms with Crippen LogP contribution in [0.4, 0.5) is 0 Å². The average Bonchev–Trinajstić information content (AvgIpc) is 2.98. The zero-order chi connectivity index (χ0) is 19.4. The lowest BCUT2D eigenvalue weighted by molar-refractivity contribution is 0.0786. The van der Waals surface area contributed by atoms with Crippen molar-refractivity contribution in [2.45, 2.75) is 33.7 Å². The number of hydrogen-bond donors (Lipinski definition) is 0. The Kier molecular flexibility index (Phi) is 5.79. The third kappa shape index (κ3) is 3.82. The molecule has 142 valence electrons. The standard InChI is InChI=1S/C22H27N3O2/c1-5-25-20-8-7-18(27-6-2)15-19(20)16(3)21(25)22(26)24(4)14-11-17-9-12-23-13-10-17/h7-10,12-13,15H,5-6,11,14H2,1-4H3. The highest BCUT2D eigenvalue weighted by Crippen LogP contribution is 2.30. The summed E-state index contributed by atoms with van der Waals surface area (Å²) in [6, 6.07) is 10.0. The van der Waals surface area contributed by atoms with E-state index >= 15 is 0 Å². The molecule has 2 heterocycles. The van der Waals surface area contributed by atoms with Crippen LogP contribution in [-0.2, 0) is 13.0 Å². The van der Waals surface area contributed by atoms with Gasteiger partial charge in [0, 0.05) is 43.4 Å². The van der Waals surface area contributed by atoms with Crippen LogP contribution in [0.2, 0.25) is 0 Å². The highest BCUT2D eigenvalue weighted by atomic mass is 16.5. The van der Waals surface area contributed by atoms with E-state index < -0.39 is 0 Å². The van der Waals surface area contributed by atoms with Crippen LogP contribution in [0, 0.1) is 6.92 Å². The number of carbonyl (C=O) groups excluding carboxylic acids is 1. The van der Waals surface area contributed by atoms with E-state index in [1.165, 1.54) is 5.56 Å². The summed E-state index contributed by atoms with van der Waals surface area (Å²) < 4.78 is 7.74. The number of aromatic nitrogens is 2. The molecule has 0 saturated heterocycles. The normalized spacial score (nSPS) is 11.0. The number of fused-ring (bicyclic) bond motifs is 1. The molecule has 1 amide bonds. The molecule has 0 atom stereocenters. The molecule has 27 heavy (non-hydrogen) atoms. The van der Waals surface area contributed by atoms with Crippen molar-refractivity contribution >= 4 is 16.8 Å². The largest absolute Gasteiger partial charge is 0.494 e. The second-order valence-corrected chi connectivity index (χ2v) is 6.66. The molecule has 5 heteroatoms. The van der Waals surface area contributed by atoms with E-state index in [2.05, 4.69) is 16.5 Å². The number of amides is 1. The fourth-order valence-corrected chi connectivity index (χ4v) is 3.49. The molecule has 3 rings (SSSR count). The first kappa shape index (κ1) is 19.0. The van der Waals surface area contributed by atoms with E-state index in [4.69, 9.17) is 4.74 Å². The lowest BCUT2D eigenvalue weighted by atomic mass is 10.1. The molecule has 5 nitrogen and oxygen atoms in total. The predicted molar refractivity (Wildman–Crippen MR) is 108 cm³/mol. The Labute approximate surface area is 160 Å². The number of benzene rings is 1. The van der Waals surface area contributed by atoms with E-state index in [1.54, 1.807) is 17.3 Å². The Morgan fingerprint density at radius 3 is 2.59 bits per heavy atom. The number of likely N-dealkylation sites (N-methyl/N-ethyl adjacent to an activating group) is 1. The molecule has 0 aliphatic carbocycles. The molecule has 0 radical (unpaired) electrons. The van der Waals surface area contributed by atoms with Crippen molar-refractivity contribution < 1.29 is 9.53 Å². The fourth-order valence-electron chi connectivity index (χ4n) is 3.49. The first-order valence-electron chi connectivity index (χ1n) is 9.46. The highest BCUT2D eigenvalue weighted by Gasteiger charge is 2.22. The van der Waals surface area contributed by atoms with Crippen LogP contribution in [0.15, 0.2) is 42.7 Å². The van der Waals surface area contributed by atoms with Crippen LogP contribution in [0.1, 0.15) is 35.5 Å². The van der Waals surface area contributed by atoms with E-state index in [9.17, 15) is 4.79 Å². The van der Waals surface area contributed by atoms with Gasteiger partial charge in [-0.25, -0.2) is 0 Å². The first-order chi connectivity index (χ1) is 13.1. The molecule has 2 aromatic heterocycles. The number of aryl methyl sites for hydroxylation is 2. The van der Waals surface area contributed by atoms with Gasteiger partial charge in [-0.15, -0.1) is 0 Å². The van der Waals surface area contributed by atoms with Crippen molar-refractivity contribution in [1.29, 1.82) is 0 Å². The van der Waals surface area contributed by atoms with Crippen LogP contribution in [-0.4, -0.2) is 40.6 Å². The maximum absolute atomic E-state index is 13.2. The Hall–Kier alpha value is -2.82. The van der Waals surface area contributed by atoms with Gasteiger partial charge in [0.1, 0.15) is 11.4 Å². The maximum atomic E-state index is 13.2. The Morgan fingerprint density at radius 1 is 1.19 bits per heavy atom. The zero-order valence-electron chi connectivity index (χ0n) is 16.5. The van der Waals surface area contributed by atoms with Gasteiger partial charge in [-0.3, -0.25) is 9.78 Å². The van der Waals surface area contributed by atoms with E-state index in [0.29, 0.717) is 13.2 Å². The minimum absolute atomic E-state index is 0.0533.